The molecule has 11 rings (SSSR count). The van der Waals surface area contributed by atoms with E-state index >= 15 is 0 Å². The molecule has 8 aromatic carbocycles. The molecule has 0 amide bonds. The normalized spacial score (nSPS) is 12.7. The average Bonchev–Trinajstić information content (AvgIpc) is 3.81. The lowest BCUT2D eigenvalue weighted by Crippen LogP contribution is -2.11. The van der Waals surface area contributed by atoms with Crippen molar-refractivity contribution >= 4 is 76.5 Å². The van der Waals surface area contributed by atoms with Crippen LogP contribution in [0.1, 0.15) is 52.7 Å². The Morgan fingerprint density at radius 3 is 1.72 bits per heavy atom. The summed E-state index contributed by atoms with van der Waals surface area (Å²) in [6.45, 7) is 13.6. The third-order valence-corrected chi connectivity index (χ3v) is 12.0. The van der Waals surface area contributed by atoms with E-state index in [2.05, 4.69) is 163 Å². The van der Waals surface area contributed by atoms with Crippen molar-refractivity contribution in [3.63, 3.8) is 0 Å². The first-order chi connectivity index (χ1) is 28.0. The molecule has 0 radical (unpaired) electrons. The zero-order valence-electron chi connectivity index (χ0n) is 33.6. The minimum atomic E-state index is -0.00336. The van der Waals surface area contributed by atoms with Gasteiger partial charge in [0.15, 0.2) is 0 Å². The summed E-state index contributed by atoms with van der Waals surface area (Å²) in [5.41, 5.74) is 14.1. The molecule has 280 valence electrons. The minimum Gasteiger partial charge on any atom is -0.456 e. The van der Waals surface area contributed by atoms with E-state index in [-0.39, 0.29) is 10.8 Å². The van der Waals surface area contributed by atoms with Crippen molar-refractivity contribution in [1.29, 1.82) is 0 Å². The Morgan fingerprint density at radius 2 is 1.00 bits per heavy atom. The zero-order valence-corrected chi connectivity index (χ0v) is 33.6. The van der Waals surface area contributed by atoms with Crippen molar-refractivity contribution < 1.29 is 8.83 Å². The van der Waals surface area contributed by atoms with E-state index in [1.54, 1.807) is 0 Å². The number of nitrogens with zero attached hydrogens (tertiary/aromatic N) is 2. The fourth-order valence-electron chi connectivity index (χ4n) is 8.81. The molecule has 3 aromatic heterocycles. The molecule has 0 spiro atoms. The van der Waals surface area contributed by atoms with E-state index in [1.807, 2.05) is 24.4 Å². The van der Waals surface area contributed by atoms with Crippen LogP contribution >= 0.6 is 0 Å². The van der Waals surface area contributed by atoms with Crippen LogP contribution in [0.2, 0.25) is 0 Å². The minimum absolute atomic E-state index is 0.00336. The highest BCUT2D eigenvalue weighted by atomic mass is 16.3. The molecular weight excluding hydrogens is 709 g/mol. The number of para-hydroxylation sites is 2. The van der Waals surface area contributed by atoms with Crippen molar-refractivity contribution in [2.24, 2.45) is 0 Å². The van der Waals surface area contributed by atoms with Crippen molar-refractivity contribution in [2.75, 3.05) is 0 Å². The Hall–Kier alpha value is -6.78. The Balaban J connectivity index is 1.04. The Kier molecular flexibility index (Phi) is 7.34. The van der Waals surface area contributed by atoms with Crippen LogP contribution in [0.4, 0.5) is 0 Å². The van der Waals surface area contributed by atoms with Gasteiger partial charge in [0.05, 0.1) is 28.3 Å². The molecule has 0 atom stereocenters. The summed E-state index contributed by atoms with van der Waals surface area (Å²) in [7, 11) is 0. The van der Waals surface area contributed by atoms with E-state index in [1.165, 1.54) is 21.9 Å². The first kappa shape index (κ1) is 34.5. The second-order valence-corrected chi connectivity index (χ2v) is 17.8. The van der Waals surface area contributed by atoms with Gasteiger partial charge in [-0.1, -0.05) is 139 Å². The van der Waals surface area contributed by atoms with Crippen LogP contribution in [-0.4, -0.2) is 9.97 Å². The highest BCUT2D eigenvalue weighted by Gasteiger charge is 2.22. The molecule has 0 bridgehead atoms. The van der Waals surface area contributed by atoms with Crippen LogP contribution in [0.25, 0.3) is 110 Å². The SMILES string of the molecule is CC(C)(C)c1ccc2c3ccc(C(C)(C)C)cc3c3nc(-c4cccc(-c5cccc(-c6cccc7c6oc6c7ccc7oc8ccccc8c76)c5)c4)cnc3c2c1. The first-order valence-electron chi connectivity index (χ1n) is 20.1. The second-order valence-electron chi connectivity index (χ2n) is 17.8. The fraction of sp³-hybridized carbons (Fsp3) is 0.148. The van der Waals surface area contributed by atoms with E-state index < -0.39 is 0 Å². The largest absolute Gasteiger partial charge is 0.456 e. The summed E-state index contributed by atoms with van der Waals surface area (Å²) >= 11 is 0. The number of aromatic nitrogens is 2. The van der Waals surface area contributed by atoms with E-state index in [4.69, 9.17) is 18.8 Å². The zero-order chi connectivity index (χ0) is 39.5. The van der Waals surface area contributed by atoms with Crippen molar-refractivity contribution in [3.05, 3.63) is 157 Å². The van der Waals surface area contributed by atoms with Gasteiger partial charge in [-0.15, -0.1) is 0 Å². The van der Waals surface area contributed by atoms with Gasteiger partial charge in [0.2, 0.25) is 0 Å². The molecule has 0 aliphatic carbocycles. The molecule has 0 saturated heterocycles. The van der Waals surface area contributed by atoms with Crippen LogP contribution in [0.15, 0.2) is 155 Å². The molecule has 0 saturated carbocycles. The Bertz CT molecular complexity index is 3480. The monoisotopic (exact) mass is 750 g/mol. The first-order valence-corrected chi connectivity index (χ1v) is 20.1. The predicted octanol–water partition coefficient (Wildman–Crippen LogP) is 15.3. The number of rotatable bonds is 3. The topological polar surface area (TPSA) is 52.1 Å². The second kappa shape index (κ2) is 12.4. The van der Waals surface area contributed by atoms with Crippen LogP contribution < -0.4 is 0 Å². The molecule has 4 heteroatoms. The molecule has 3 heterocycles. The van der Waals surface area contributed by atoms with Gasteiger partial charge >= 0.3 is 0 Å². The van der Waals surface area contributed by atoms with Gasteiger partial charge in [0, 0.05) is 38.1 Å². The van der Waals surface area contributed by atoms with Gasteiger partial charge in [-0.3, -0.25) is 4.98 Å². The lowest BCUT2D eigenvalue weighted by Gasteiger charge is -2.22. The summed E-state index contributed by atoms with van der Waals surface area (Å²) in [5, 5.41) is 8.95. The van der Waals surface area contributed by atoms with Gasteiger partial charge in [-0.2, -0.15) is 0 Å². The number of benzene rings is 8. The quantitative estimate of drug-likeness (QED) is 0.169. The lowest BCUT2D eigenvalue weighted by atomic mass is 9.83. The molecule has 0 N–H and O–H groups in total. The standard InChI is InChI=1S/C54H42N2O2/c1-53(2,3)35-20-22-38-39-23-21-36(54(4,5)6)29-44(39)50-49(43(38)28-35)55-30-45(56-50)34-15-10-13-32(27-34)31-12-9-14-33(26-31)37-17-11-18-40-41-24-25-47-48(52(41)58-51(37)40)42-16-7-8-19-46(42)57-47/h7-30H,1-6H3. The molecule has 4 nitrogen and oxygen atoms in total. The molecule has 0 aliphatic heterocycles. The molecular formula is C54H42N2O2. The number of fused-ring (bicyclic) bond motifs is 13. The number of hydrogen-bond donors (Lipinski definition) is 0. The smallest absolute Gasteiger partial charge is 0.147 e. The third kappa shape index (κ3) is 5.35. The molecule has 0 unspecified atom stereocenters. The van der Waals surface area contributed by atoms with Crippen LogP contribution in [0.5, 0.6) is 0 Å². The van der Waals surface area contributed by atoms with E-state index in [0.29, 0.717) is 0 Å². The highest BCUT2D eigenvalue weighted by molar-refractivity contribution is 6.24. The maximum atomic E-state index is 6.81. The summed E-state index contributed by atoms with van der Waals surface area (Å²) in [4.78, 5) is 10.7. The maximum absolute atomic E-state index is 6.81. The Morgan fingerprint density at radius 1 is 0.414 bits per heavy atom. The highest BCUT2D eigenvalue weighted by Crippen LogP contribution is 2.43. The summed E-state index contributed by atoms with van der Waals surface area (Å²) < 4.78 is 13.0. The lowest BCUT2D eigenvalue weighted by molar-refractivity contribution is 0.591. The number of furan rings is 2. The van der Waals surface area contributed by atoms with Gasteiger partial charge in [-0.25, -0.2) is 4.98 Å². The third-order valence-electron chi connectivity index (χ3n) is 12.0. The molecule has 0 fully saturated rings. The van der Waals surface area contributed by atoms with Gasteiger partial charge in [0.1, 0.15) is 22.3 Å². The predicted molar refractivity (Wildman–Crippen MR) is 243 cm³/mol. The molecule has 11 aromatic rings. The van der Waals surface area contributed by atoms with Crippen molar-refractivity contribution in [3.8, 4) is 33.5 Å². The molecule has 58 heavy (non-hydrogen) atoms. The van der Waals surface area contributed by atoms with Crippen molar-refractivity contribution in [1.82, 2.24) is 9.97 Å². The van der Waals surface area contributed by atoms with Gasteiger partial charge in [-0.05, 0) is 91.9 Å². The Labute approximate surface area is 336 Å². The van der Waals surface area contributed by atoms with Crippen LogP contribution in [0.3, 0.4) is 0 Å². The summed E-state index contributed by atoms with van der Waals surface area (Å²) in [6, 6.07) is 49.9. The van der Waals surface area contributed by atoms with E-state index in [0.717, 1.165) is 99.2 Å². The summed E-state index contributed by atoms with van der Waals surface area (Å²) in [5.74, 6) is 0. The van der Waals surface area contributed by atoms with Crippen molar-refractivity contribution in [2.45, 2.75) is 52.4 Å². The summed E-state index contributed by atoms with van der Waals surface area (Å²) in [6.07, 6.45) is 1.95. The number of hydrogen-bond acceptors (Lipinski definition) is 4. The average molecular weight is 751 g/mol. The van der Waals surface area contributed by atoms with Crippen LogP contribution in [-0.2, 0) is 10.8 Å². The fourth-order valence-corrected chi connectivity index (χ4v) is 8.81. The maximum Gasteiger partial charge on any atom is 0.147 e. The van der Waals surface area contributed by atoms with Gasteiger partial charge < -0.3 is 8.83 Å². The molecule has 0 aliphatic rings. The van der Waals surface area contributed by atoms with Gasteiger partial charge in [0.25, 0.3) is 0 Å². The van der Waals surface area contributed by atoms with E-state index in [9.17, 15) is 0 Å². The van der Waals surface area contributed by atoms with Crippen LogP contribution in [0, 0.1) is 0 Å².